The number of aromatic nitrogens is 1. The van der Waals surface area contributed by atoms with Crippen LogP contribution < -0.4 is 0 Å². The second-order valence-corrected chi connectivity index (χ2v) is 7.21. The molecule has 0 atom stereocenters. The number of carboxylic acid groups (broad SMARTS) is 1. The summed E-state index contributed by atoms with van der Waals surface area (Å²) < 4.78 is 1.08. The topological polar surface area (TPSA) is 50.2 Å². The largest absolute Gasteiger partial charge is 0.481 e. The summed E-state index contributed by atoms with van der Waals surface area (Å²) in [4.78, 5) is 16.4. The first-order valence-corrected chi connectivity index (χ1v) is 8.97. The van der Waals surface area contributed by atoms with Gasteiger partial charge in [-0.2, -0.15) is 0 Å². The summed E-state index contributed by atoms with van der Waals surface area (Å²) in [7, 11) is 0. The Balaban J connectivity index is 2.00. The van der Waals surface area contributed by atoms with E-state index in [4.69, 9.17) is 16.7 Å². The van der Waals surface area contributed by atoms with Crippen LogP contribution in [0.3, 0.4) is 0 Å². The van der Waals surface area contributed by atoms with Crippen molar-refractivity contribution in [1.82, 2.24) is 4.98 Å². The van der Waals surface area contributed by atoms with Crippen molar-refractivity contribution in [3.05, 3.63) is 64.1 Å². The Hall–Kier alpha value is -1.82. The predicted octanol–water partition coefficient (Wildman–Crippen LogP) is 5.27. The number of thioether (sulfide) groups is 1. The average Bonchev–Trinajstić information content (AvgIpc) is 2.97. The van der Waals surface area contributed by atoms with Gasteiger partial charge in [0.15, 0.2) is 0 Å². The van der Waals surface area contributed by atoms with Gasteiger partial charge in [-0.1, -0.05) is 35.9 Å². The molecule has 23 heavy (non-hydrogen) atoms. The van der Waals surface area contributed by atoms with Gasteiger partial charge in [-0.15, -0.1) is 23.1 Å². The fourth-order valence-corrected chi connectivity index (χ4v) is 3.96. The number of fused-ring (bicyclic) bond motifs is 1. The molecule has 0 radical (unpaired) electrons. The third kappa shape index (κ3) is 4.13. The van der Waals surface area contributed by atoms with Gasteiger partial charge in [0, 0.05) is 9.93 Å². The Morgan fingerprint density at radius 3 is 2.65 bits per heavy atom. The monoisotopic (exact) mass is 361 g/mol. The van der Waals surface area contributed by atoms with E-state index in [-0.39, 0.29) is 5.75 Å². The Kier molecular flexibility index (Phi) is 5.00. The Morgan fingerprint density at radius 2 is 1.96 bits per heavy atom. The highest BCUT2D eigenvalue weighted by Gasteiger charge is 2.11. The maximum atomic E-state index is 10.9. The highest BCUT2D eigenvalue weighted by molar-refractivity contribution is 8.09. The summed E-state index contributed by atoms with van der Waals surface area (Å²) in [5, 5.41) is 10.5. The number of thiazole rings is 1. The molecule has 0 aliphatic carbocycles. The van der Waals surface area contributed by atoms with Crippen molar-refractivity contribution < 1.29 is 9.90 Å². The zero-order valence-electron chi connectivity index (χ0n) is 11.9. The van der Waals surface area contributed by atoms with E-state index in [1.165, 1.54) is 11.8 Å². The van der Waals surface area contributed by atoms with E-state index in [0.717, 1.165) is 25.7 Å². The summed E-state index contributed by atoms with van der Waals surface area (Å²) >= 11 is 8.74. The van der Waals surface area contributed by atoms with Gasteiger partial charge in [0.25, 0.3) is 0 Å². The number of benzene rings is 2. The highest BCUT2D eigenvalue weighted by atomic mass is 35.5. The van der Waals surface area contributed by atoms with Crippen molar-refractivity contribution in [3.8, 4) is 0 Å². The molecular weight excluding hydrogens is 350 g/mol. The van der Waals surface area contributed by atoms with Crippen LogP contribution in [0.2, 0.25) is 5.02 Å². The third-order valence-electron chi connectivity index (χ3n) is 3.02. The van der Waals surface area contributed by atoms with Gasteiger partial charge in [0.1, 0.15) is 5.01 Å². The second-order valence-electron chi connectivity index (χ2n) is 4.73. The zero-order chi connectivity index (χ0) is 16.2. The number of hydrogen-bond acceptors (Lipinski definition) is 4. The fourth-order valence-electron chi connectivity index (χ4n) is 1.99. The number of para-hydroxylation sites is 1. The summed E-state index contributed by atoms with van der Waals surface area (Å²) in [5.74, 6) is -0.854. The number of carboxylic acids is 1. The minimum atomic E-state index is -0.849. The molecule has 3 rings (SSSR count). The molecule has 0 bridgehead atoms. The molecule has 1 N–H and O–H groups in total. The number of carbonyl (C=O) groups is 1. The first-order chi connectivity index (χ1) is 11.1. The summed E-state index contributed by atoms with van der Waals surface area (Å²) in [5.41, 5.74) is 1.88. The molecule has 1 heterocycles. The molecule has 0 amide bonds. The van der Waals surface area contributed by atoms with E-state index >= 15 is 0 Å². The molecule has 0 aliphatic rings. The summed E-state index contributed by atoms with van der Waals surface area (Å²) in [6.45, 7) is 0. The van der Waals surface area contributed by atoms with Crippen molar-refractivity contribution in [3.63, 3.8) is 0 Å². The molecule has 0 saturated heterocycles. The lowest BCUT2D eigenvalue weighted by molar-refractivity contribution is -0.133. The van der Waals surface area contributed by atoms with Gasteiger partial charge in [0.2, 0.25) is 0 Å². The van der Waals surface area contributed by atoms with E-state index in [9.17, 15) is 4.79 Å². The minimum absolute atomic E-state index is 0.00461. The Bertz CT molecular complexity index is 839. The third-order valence-corrected chi connectivity index (χ3v) is 5.49. The summed E-state index contributed by atoms with van der Waals surface area (Å²) in [6, 6.07) is 15.3. The van der Waals surface area contributed by atoms with Crippen LogP contribution in [0, 0.1) is 0 Å². The lowest BCUT2D eigenvalue weighted by Gasteiger charge is -2.03. The lowest BCUT2D eigenvalue weighted by Crippen LogP contribution is -1.97. The maximum absolute atomic E-state index is 10.9. The molecule has 0 aliphatic heterocycles. The number of nitrogens with zero attached hydrogens (tertiary/aromatic N) is 1. The average molecular weight is 362 g/mol. The predicted molar refractivity (Wildman–Crippen MR) is 99.0 cm³/mol. The van der Waals surface area contributed by atoms with Crippen LogP contribution in [0.1, 0.15) is 10.6 Å². The molecule has 3 nitrogen and oxygen atoms in total. The first kappa shape index (κ1) is 16.1. The van der Waals surface area contributed by atoms with Crippen molar-refractivity contribution in [2.75, 3.05) is 5.75 Å². The van der Waals surface area contributed by atoms with E-state index in [2.05, 4.69) is 4.98 Å². The highest BCUT2D eigenvalue weighted by Crippen LogP contribution is 2.35. The van der Waals surface area contributed by atoms with Crippen molar-refractivity contribution in [2.24, 2.45) is 0 Å². The summed E-state index contributed by atoms with van der Waals surface area (Å²) in [6.07, 6.45) is 1.95. The minimum Gasteiger partial charge on any atom is -0.481 e. The number of halogens is 1. The number of rotatable bonds is 5. The molecule has 0 spiro atoms. The van der Waals surface area contributed by atoms with Crippen LogP contribution in [0.4, 0.5) is 0 Å². The van der Waals surface area contributed by atoms with Crippen LogP contribution in [0.25, 0.3) is 21.2 Å². The molecule has 0 fully saturated rings. The van der Waals surface area contributed by atoms with E-state index < -0.39 is 5.97 Å². The van der Waals surface area contributed by atoms with Gasteiger partial charge in [-0.05, 0) is 35.9 Å². The van der Waals surface area contributed by atoms with E-state index in [1.807, 2.05) is 54.6 Å². The molecule has 6 heteroatoms. The van der Waals surface area contributed by atoms with Crippen LogP contribution >= 0.6 is 34.7 Å². The second kappa shape index (κ2) is 7.17. The number of hydrogen-bond donors (Lipinski definition) is 1. The normalized spacial score (nSPS) is 11.8. The van der Waals surface area contributed by atoms with Crippen LogP contribution in [0.15, 0.2) is 48.5 Å². The van der Waals surface area contributed by atoms with Gasteiger partial charge in [-0.3, -0.25) is 4.79 Å². The van der Waals surface area contributed by atoms with E-state index in [1.54, 1.807) is 11.3 Å². The lowest BCUT2D eigenvalue weighted by atomic mass is 10.2. The van der Waals surface area contributed by atoms with Crippen molar-refractivity contribution in [2.45, 2.75) is 0 Å². The first-order valence-electron chi connectivity index (χ1n) is 6.79. The molecular formula is C17H12ClNO2S2. The molecule has 116 valence electrons. The van der Waals surface area contributed by atoms with Gasteiger partial charge in [-0.25, -0.2) is 4.98 Å². The molecule has 1 aromatic heterocycles. The van der Waals surface area contributed by atoms with Crippen LogP contribution in [0.5, 0.6) is 0 Å². The van der Waals surface area contributed by atoms with Crippen LogP contribution in [-0.2, 0) is 4.79 Å². The van der Waals surface area contributed by atoms with Crippen molar-refractivity contribution >= 4 is 61.9 Å². The Labute approximate surface area is 146 Å². The van der Waals surface area contributed by atoms with Gasteiger partial charge < -0.3 is 5.11 Å². The fraction of sp³-hybridized carbons (Fsp3) is 0.0588. The number of aliphatic carboxylic acids is 1. The quantitative estimate of drug-likeness (QED) is 0.672. The van der Waals surface area contributed by atoms with Gasteiger partial charge >= 0.3 is 5.97 Å². The zero-order valence-corrected chi connectivity index (χ0v) is 14.3. The standard InChI is InChI=1S/C17H12ClNO2S2/c18-12-7-5-11(6-8-12)9-15(22-10-16(20)21)17-19-13-3-1-2-4-14(13)23-17/h1-9H,10H2,(H,20,21). The van der Waals surface area contributed by atoms with E-state index in [0.29, 0.717) is 5.02 Å². The SMILES string of the molecule is O=C(O)CSC(=Cc1ccc(Cl)cc1)c1nc2ccccc2s1. The maximum Gasteiger partial charge on any atom is 0.313 e. The molecule has 0 saturated carbocycles. The van der Waals surface area contributed by atoms with Gasteiger partial charge in [0.05, 0.1) is 16.0 Å². The smallest absolute Gasteiger partial charge is 0.313 e. The molecule has 2 aromatic carbocycles. The molecule has 3 aromatic rings. The molecule has 0 unspecified atom stereocenters. The van der Waals surface area contributed by atoms with Crippen LogP contribution in [-0.4, -0.2) is 21.8 Å². The van der Waals surface area contributed by atoms with Crippen molar-refractivity contribution in [1.29, 1.82) is 0 Å². The Morgan fingerprint density at radius 1 is 1.22 bits per heavy atom.